The van der Waals surface area contributed by atoms with Gasteiger partial charge in [0.25, 0.3) is 0 Å². The van der Waals surface area contributed by atoms with E-state index < -0.39 is 11.5 Å². The summed E-state index contributed by atoms with van der Waals surface area (Å²) < 4.78 is 23.0. The molecule has 11 heteroatoms. The van der Waals surface area contributed by atoms with Crippen molar-refractivity contribution in [3.05, 3.63) is 0 Å². The van der Waals surface area contributed by atoms with Crippen molar-refractivity contribution < 1.29 is 38.4 Å². The first kappa shape index (κ1) is 37.9. The third kappa shape index (κ3) is 32.4. The molecule has 0 heterocycles. The summed E-state index contributed by atoms with van der Waals surface area (Å²) in [4.78, 5) is 23.0. The Labute approximate surface area is 221 Å². The van der Waals surface area contributed by atoms with Crippen LogP contribution in [0.25, 0.3) is 0 Å². The van der Waals surface area contributed by atoms with E-state index in [0.717, 1.165) is 146 Å². The fourth-order valence-electron chi connectivity index (χ4n) is 2.19. The van der Waals surface area contributed by atoms with Gasteiger partial charge >= 0.3 is 19.5 Å². The van der Waals surface area contributed by atoms with Crippen LogP contribution in [0.3, 0.4) is 0 Å². The Morgan fingerprint density at radius 3 is 0.839 bits per heavy atom. The van der Waals surface area contributed by atoms with Crippen LogP contribution in [0.2, 0.25) is 0 Å². The molecule has 0 bridgehead atoms. The van der Waals surface area contributed by atoms with Crippen LogP contribution in [0.5, 0.6) is 0 Å². The maximum absolute atomic E-state index is 11.5. The first-order valence-corrected chi connectivity index (χ1v) is 21.1. The molecule has 0 unspecified atom stereocenters. The van der Waals surface area contributed by atoms with Gasteiger partial charge in [0.15, 0.2) is 0 Å². The number of rotatable bonds is 20. The molecule has 0 radical (unpaired) electrons. The smallest absolute Gasteiger partial charge is 0.784 e. The second-order valence-corrected chi connectivity index (χ2v) is 21.8. The molecule has 0 aliphatic rings. The summed E-state index contributed by atoms with van der Waals surface area (Å²) >= 11 is 4.56. The maximum Gasteiger partial charge on any atom is 2.00 e. The molecule has 0 fully saturated rings. The van der Waals surface area contributed by atoms with Gasteiger partial charge in [0.1, 0.15) is 11.5 Å². The van der Waals surface area contributed by atoms with Gasteiger partial charge in [-0.1, -0.05) is 79.1 Å². The van der Waals surface area contributed by atoms with E-state index in [1.54, 1.807) is 0 Å². The minimum absolute atomic E-state index is 0. The largest absolute Gasteiger partial charge is 2.00 e. The van der Waals surface area contributed by atoms with Crippen molar-refractivity contribution in [1.29, 1.82) is 0 Å². The van der Waals surface area contributed by atoms with Crippen LogP contribution in [-0.2, 0) is 28.6 Å². The van der Waals surface area contributed by atoms with Crippen molar-refractivity contribution in [1.82, 2.24) is 0 Å². The van der Waals surface area contributed by atoms with Gasteiger partial charge in [-0.2, -0.15) is 0 Å². The van der Waals surface area contributed by atoms with Gasteiger partial charge in [-0.05, 0) is 25.7 Å². The van der Waals surface area contributed by atoms with E-state index in [-0.39, 0.29) is 19.5 Å². The maximum atomic E-state index is 11.5. The molecule has 0 aromatic carbocycles. The van der Waals surface area contributed by atoms with Crippen LogP contribution in [0.1, 0.15) is 105 Å². The SMILES string of the molecule is CCCCCSP(=O)([O-])SCCCCC.CCCCCSP(=O)([O-])SCCCCC.[Zn+2]. The van der Waals surface area contributed by atoms with Gasteiger partial charge in [-0.25, -0.2) is 0 Å². The summed E-state index contributed by atoms with van der Waals surface area (Å²) in [5.74, 6) is -3.34. The molecule has 0 rings (SSSR count). The number of hydrogen-bond donors (Lipinski definition) is 0. The average Bonchev–Trinajstić information content (AvgIpc) is 2.70. The van der Waals surface area contributed by atoms with Crippen LogP contribution in [0.15, 0.2) is 0 Å². The summed E-state index contributed by atoms with van der Waals surface area (Å²) in [6.07, 6.45) is 13.2. The molecule has 0 amide bonds. The fourth-order valence-corrected chi connectivity index (χ4v) is 13.3. The quantitative estimate of drug-likeness (QED) is 0.0777. The van der Waals surface area contributed by atoms with Crippen LogP contribution in [0.4, 0.5) is 0 Å². The van der Waals surface area contributed by atoms with Gasteiger partial charge in [0, 0.05) is 23.0 Å². The first-order chi connectivity index (χ1) is 14.2. The van der Waals surface area contributed by atoms with Crippen molar-refractivity contribution in [3.63, 3.8) is 0 Å². The van der Waals surface area contributed by atoms with E-state index in [9.17, 15) is 18.9 Å². The Balaban J connectivity index is -0.000000490. The monoisotopic (exact) mass is 602 g/mol. The van der Waals surface area contributed by atoms with Gasteiger partial charge in [-0.15, -0.1) is 45.5 Å². The zero-order valence-electron chi connectivity index (χ0n) is 20.2. The van der Waals surface area contributed by atoms with Crippen LogP contribution in [-0.4, -0.2) is 23.0 Å². The Bertz CT molecular complexity index is 391. The number of hydrogen-bond acceptors (Lipinski definition) is 8. The van der Waals surface area contributed by atoms with Crippen molar-refractivity contribution in [2.24, 2.45) is 0 Å². The minimum Gasteiger partial charge on any atom is -0.784 e. The van der Waals surface area contributed by atoms with Crippen molar-refractivity contribution >= 4 is 57.1 Å². The van der Waals surface area contributed by atoms with Crippen LogP contribution in [0, 0.1) is 0 Å². The topological polar surface area (TPSA) is 80.3 Å². The molecule has 0 spiro atoms. The second kappa shape index (κ2) is 27.0. The van der Waals surface area contributed by atoms with E-state index in [1.807, 2.05) is 0 Å². The van der Waals surface area contributed by atoms with Gasteiger partial charge in [0.2, 0.25) is 0 Å². The molecule has 0 aromatic rings. The molecule has 4 nitrogen and oxygen atoms in total. The van der Waals surface area contributed by atoms with Crippen molar-refractivity contribution in [3.8, 4) is 0 Å². The Morgan fingerprint density at radius 1 is 0.484 bits per heavy atom. The zero-order chi connectivity index (χ0) is 23.1. The van der Waals surface area contributed by atoms with Crippen LogP contribution >= 0.6 is 57.1 Å². The van der Waals surface area contributed by atoms with Crippen molar-refractivity contribution in [2.45, 2.75) is 105 Å². The first-order valence-electron chi connectivity index (χ1n) is 11.4. The third-order valence-corrected chi connectivity index (χ3v) is 16.9. The number of unbranched alkanes of at least 4 members (excludes halogenated alkanes) is 8. The summed E-state index contributed by atoms with van der Waals surface area (Å²) in [5.41, 5.74) is 0. The molecular formula is C20H44O4P2S4Zn. The second-order valence-electron chi connectivity index (χ2n) is 7.06. The van der Waals surface area contributed by atoms with Crippen molar-refractivity contribution in [2.75, 3.05) is 23.0 Å². The fraction of sp³-hybridized carbons (Fsp3) is 1.00. The summed E-state index contributed by atoms with van der Waals surface area (Å²) in [7, 11) is 0. The summed E-state index contributed by atoms with van der Waals surface area (Å²) in [5, 5.41) is 0. The third-order valence-electron chi connectivity index (χ3n) is 3.99. The molecule has 0 N–H and O–H groups in total. The Hall–Kier alpha value is 2.40. The average molecular weight is 604 g/mol. The minimum atomic E-state index is -3.19. The Morgan fingerprint density at radius 2 is 0.677 bits per heavy atom. The summed E-state index contributed by atoms with van der Waals surface area (Å²) in [6, 6.07) is 0. The van der Waals surface area contributed by atoms with Gasteiger partial charge in [0.05, 0.1) is 0 Å². The molecule has 0 atom stereocenters. The standard InChI is InChI=1S/2C10H23O2PS2.Zn/c2*1-3-5-7-9-14-13(11,12)15-10-8-6-4-2;/h2*3-10H2,1-2H3,(H,11,12);/q;;+2/p-2. The molecule has 0 aliphatic heterocycles. The predicted molar refractivity (Wildman–Crippen MR) is 143 cm³/mol. The van der Waals surface area contributed by atoms with E-state index >= 15 is 0 Å². The molecule has 0 saturated carbocycles. The van der Waals surface area contributed by atoms with Crippen LogP contribution < -0.4 is 9.79 Å². The normalized spacial score (nSPS) is 11.5. The molecule has 0 aliphatic carbocycles. The van der Waals surface area contributed by atoms with E-state index in [2.05, 4.69) is 27.7 Å². The van der Waals surface area contributed by atoms with E-state index in [0.29, 0.717) is 0 Å². The molecular weight excluding hydrogens is 560 g/mol. The Kier molecular flexibility index (Phi) is 33.0. The molecule has 184 valence electrons. The zero-order valence-corrected chi connectivity index (χ0v) is 28.2. The molecule has 31 heavy (non-hydrogen) atoms. The molecule has 0 saturated heterocycles. The van der Waals surface area contributed by atoms with Gasteiger partial charge in [-0.3, -0.25) is 0 Å². The predicted octanol–water partition coefficient (Wildman–Crippen LogP) is 8.60. The van der Waals surface area contributed by atoms with Gasteiger partial charge < -0.3 is 18.9 Å². The van der Waals surface area contributed by atoms with E-state index in [1.165, 1.54) is 0 Å². The molecule has 0 aromatic heterocycles. The van der Waals surface area contributed by atoms with E-state index in [4.69, 9.17) is 0 Å². The summed E-state index contributed by atoms with van der Waals surface area (Å²) in [6.45, 7) is 8.50.